The fourth-order valence-corrected chi connectivity index (χ4v) is 2.04. The summed E-state index contributed by atoms with van der Waals surface area (Å²) in [7, 11) is 0. The van der Waals surface area contributed by atoms with E-state index in [0.717, 1.165) is 5.56 Å². The molecule has 5 heteroatoms. The van der Waals surface area contributed by atoms with Crippen molar-refractivity contribution in [3.8, 4) is 5.75 Å². The number of halogens is 3. The molecule has 2 nitrogen and oxygen atoms in total. The average molecular weight is 309 g/mol. The van der Waals surface area contributed by atoms with Crippen molar-refractivity contribution in [1.82, 2.24) is 0 Å². The van der Waals surface area contributed by atoms with Crippen LogP contribution in [0.15, 0.2) is 54.6 Å². The molecule has 2 rings (SSSR count). The van der Waals surface area contributed by atoms with Gasteiger partial charge in [0.1, 0.15) is 12.4 Å². The van der Waals surface area contributed by atoms with Crippen LogP contribution in [0, 0.1) is 0 Å². The zero-order valence-electron chi connectivity index (χ0n) is 12.0. The number of benzene rings is 2. The van der Waals surface area contributed by atoms with E-state index in [2.05, 4.69) is 0 Å². The molecule has 0 aliphatic heterocycles. The normalized spacial score (nSPS) is 12.9. The van der Waals surface area contributed by atoms with E-state index in [9.17, 15) is 13.2 Å². The second kappa shape index (κ2) is 7.31. The van der Waals surface area contributed by atoms with E-state index in [0.29, 0.717) is 17.9 Å². The lowest BCUT2D eigenvalue weighted by molar-refractivity contribution is -0.136. The summed E-state index contributed by atoms with van der Waals surface area (Å²) in [6.07, 6.45) is -5.16. The van der Waals surface area contributed by atoms with Gasteiger partial charge in [-0.1, -0.05) is 42.5 Å². The first-order valence-electron chi connectivity index (χ1n) is 7.03. The van der Waals surface area contributed by atoms with Crippen molar-refractivity contribution >= 4 is 0 Å². The molecule has 0 unspecified atom stereocenters. The number of hydrogen-bond acceptors (Lipinski definition) is 2. The van der Waals surface area contributed by atoms with E-state index in [-0.39, 0.29) is 6.42 Å². The molecule has 2 aromatic carbocycles. The molecule has 118 valence electrons. The highest BCUT2D eigenvalue weighted by Crippen LogP contribution is 2.27. The number of rotatable bonds is 6. The summed E-state index contributed by atoms with van der Waals surface area (Å²) in [6, 6.07) is 16.0. The molecule has 0 saturated heterocycles. The molecule has 0 radical (unpaired) electrons. The minimum absolute atomic E-state index is 0.117. The minimum atomic E-state index is -4.17. The zero-order chi connectivity index (χ0) is 16.0. The van der Waals surface area contributed by atoms with Gasteiger partial charge in [-0.15, -0.1) is 0 Å². The quantitative estimate of drug-likeness (QED) is 0.846. The topological polar surface area (TPSA) is 35.2 Å². The van der Waals surface area contributed by atoms with Gasteiger partial charge in [0, 0.05) is 12.5 Å². The molecule has 0 aromatic heterocycles. The van der Waals surface area contributed by atoms with Gasteiger partial charge in [-0.05, 0) is 29.7 Å². The standard InChI is InChI=1S/C17H18F3NO/c18-17(19,20)11-10-16(21)14-6-8-15(9-7-14)22-12-13-4-2-1-3-5-13/h1-9,16H,10-12,21H2/t16-/m0/s1. The van der Waals surface area contributed by atoms with Crippen LogP contribution in [-0.2, 0) is 6.61 Å². The van der Waals surface area contributed by atoms with Crippen molar-refractivity contribution in [2.24, 2.45) is 5.73 Å². The van der Waals surface area contributed by atoms with Gasteiger partial charge in [-0.25, -0.2) is 0 Å². The smallest absolute Gasteiger partial charge is 0.389 e. The van der Waals surface area contributed by atoms with Crippen LogP contribution in [0.1, 0.15) is 30.0 Å². The second-order valence-electron chi connectivity index (χ2n) is 5.10. The Balaban J connectivity index is 1.87. The third kappa shape index (κ3) is 5.41. The largest absolute Gasteiger partial charge is 0.489 e. The fraction of sp³-hybridized carbons (Fsp3) is 0.294. The van der Waals surface area contributed by atoms with Gasteiger partial charge in [-0.3, -0.25) is 0 Å². The van der Waals surface area contributed by atoms with Crippen molar-refractivity contribution in [3.63, 3.8) is 0 Å². The lowest BCUT2D eigenvalue weighted by atomic mass is 10.0. The Morgan fingerprint density at radius 3 is 2.18 bits per heavy atom. The van der Waals surface area contributed by atoms with Gasteiger partial charge < -0.3 is 10.5 Å². The van der Waals surface area contributed by atoms with Crippen LogP contribution in [0.2, 0.25) is 0 Å². The summed E-state index contributed by atoms with van der Waals surface area (Å²) in [5, 5.41) is 0. The Bertz CT molecular complexity index is 567. The Morgan fingerprint density at radius 1 is 0.955 bits per heavy atom. The van der Waals surface area contributed by atoms with E-state index in [4.69, 9.17) is 10.5 Å². The first-order valence-corrected chi connectivity index (χ1v) is 7.03. The maximum Gasteiger partial charge on any atom is 0.389 e. The zero-order valence-corrected chi connectivity index (χ0v) is 12.0. The fourth-order valence-electron chi connectivity index (χ4n) is 2.04. The van der Waals surface area contributed by atoms with Crippen LogP contribution in [0.5, 0.6) is 5.75 Å². The van der Waals surface area contributed by atoms with Crippen LogP contribution in [-0.4, -0.2) is 6.18 Å². The summed E-state index contributed by atoms with van der Waals surface area (Å²) < 4.78 is 42.2. The van der Waals surface area contributed by atoms with E-state index in [1.54, 1.807) is 24.3 Å². The molecule has 0 bridgehead atoms. The SMILES string of the molecule is N[C@@H](CCC(F)(F)F)c1ccc(OCc2ccccc2)cc1. The van der Waals surface area contributed by atoms with Crippen LogP contribution in [0.25, 0.3) is 0 Å². The summed E-state index contributed by atoms with van der Waals surface area (Å²) >= 11 is 0. The second-order valence-corrected chi connectivity index (χ2v) is 5.10. The first-order chi connectivity index (χ1) is 10.4. The molecular formula is C17H18F3NO. The minimum Gasteiger partial charge on any atom is -0.489 e. The van der Waals surface area contributed by atoms with Gasteiger partial charge in [-0.2, -0.15) is 13.2 Å². The Kier molecular flexibility index (Phi) is 5.44. The molecule has 1 atom stereocenters. The maximum absolute atomic E-state index is 12.2. The van der Waals surface area contributed by atoms with Crippen LogP contribution in [0.3, 0.4) is 0 Å². The predicted molar refractivity (Wildman–Crippen MR) is 79.4 cm³/mol. The van der Waals surface area contributed by atoms with E-state index >= 15 is 0 Å². The van der Waals surface area contributed by atoms with Gasteiger partial charge >= 0.3 is 6.18 Å². The average Bonchev–Trinajstić information content (AvgIpc) is 2.51. The molecule has 0 saturated carbocycles. The van der Waals surface area contributed by atoms with Crippen molar-refractivity contribution in [2.45, 2.75) is 31.7 Å². The van der Waals surface area contributed by atoms with Crippen molar-refractivity contribution in [1.29, 1.82) is 0 Å². The summed E-state index contributed by atoms with van der Waals surface area (Å²) in [5.74, 6) is 0.663. The maximum atomic E-state index is 12.2. The van der Waals surface area contributed by atoms with E-state index in [1.165, 1.54) is 0 Å². The van der Waals surface area contributed by atoms with Gasteiger partial charge in [0.2, 0.25) is 0 Å². The molecule has 0 aliphatic rings. The Morgan fingerprint density at radius 2 is 1.59 bits per heavy atom. The molecule has 0 fully saturated rings. The molecular weight excluding hydrogens is 291 g/mol. The predicted octanol–water partition coefficient (Wildman–Crippen LogP) is 4.61. The Hall–Kier alpha value is -2.01. The van der Waals surface area contributed by atoms with Crippen molar-refractivity contribution in [2.75, 3.05) is 0 Å². The van der Waals surface area contributed by atoms with Crippen LogP contribution >= 0.6 is 0 Å². The third-order valence-corrected chi connectivity index (χ3v) is 3.30. The molecule has 0 aliphatic carbocycles. The highest BCUT2D eigenvalue weighted by Gasteiger charge is 2.27. The molecule has 0 amide bonds. The highest BCUT2D eigenvalue weighted by molar-refractivity contribution is 5.29. The van der Waals surface area contributed by atoms with E-state index in [1.807, 2.05) is 30.3 Å². The van der Waals surface area contributed by atoms with E-state index < -0.39 is 18.6 Å². The number of hydrogen-bond donors (Lipinski definition) is 1. The first kappa shape index (κ1) is 16.4. The van der Waals surface area contributed by atoms with Gasteiger partial charge in [0.25, 0.3) is 0 Å². The Labute approximate surface area is 127 Å². The molecule has 0 spiro atoms. The van der Waals surface area contributed by atoms with Gasteiger partial charge in [0.05, 0.1) is 0 Å². The lowest BCUT2D eigenvalue weighted by Crippen LogP contribution is -2.15. The number of alkyl halides is 3. The number of ether oxygens (including phenoxy) is 1. The van der Waals surface area contributed by atoms with Crippen LogP contribution < -0.4 is 10.5 Å². The summed E-state index contributed by atoms with van der Waals surface area (Å²) in [6.45, 7) is 0.445. The summed E-state index contributed by atoms with van der Waals surface area (Å²) in [4.78, 5) is 0. The monoisotopic (exact) mass is 309 g/mol. The molecule has 22 heavy (non-hydrogen) atoms. The van der Waals surface area contributed by atoms with Gasteiger partial charge in [0.15, 0.2) is 0 Å². The van der Waals surface area contributed by atoms with Crippen molar-refractivity contribution < 1.29 is 17.9 Å². The molecule has 0 heterocycles. The third-order valence-electron chi connectivity index (χ3n) is 3.30. The molecule has 2 N–H and O–H groups in total. The summed E-state index contributed by atoms with van der Waals surface area (Å²) in [5.41, 5.74) is 7.50. The molecule has 2 aromatic rings. The highest BCUT2D eigenvalue weighted by atomic mass is 19.4. The van der Waals surface area contributed by atoms with Crippen molar-refractivity contribution in [3.05, 3.63) is 65.7 Å². The van der Waals surface area contributed by atoms with Crippen LogP contribution in [0.4, 0.5) is 13.2 Å². The lowest BCUT2D eigenvalue weighted by Gasteiger charge is -2.14. The number of nitrogens with two attached hydrogens (primary N) is 1.